The van der Waals surface area contributed by atoms with E-state index in [0.717, 1.165) is 5.56 Å². The van der Waals surface area contributed by atoms with Crippen molar-refractivity contribution < 1.29 is 17.9 Å². The van der Waals surface area contributed by atoms with Gasteiger partial charge in [-0.05, 0) is 61.1 Å². The number of hydrogen-bond acceptors (Lipinski definition) is 2. The minimum atomic E-state index is -2.93. The summed E-state index contributed by atoms with van der Waals surface area (Å²) >= 11 is 5.11. The van der Waals surface area contributed by atoms with E-state index in [4.69, 9.17) is 12.2 Å². The van der Waals surface area contributed by atoms with Crippen LogP contribution in [-0.4, -0.2) is 11.7 Å². The maximum Gasteiger partial charge on any atom is 0.387 e. The van der Waals surface area contributed by atoms with Gasteiger partial charge in [-0.15, -0.1) is 0 Å². The first-order chi connectivity index (χ1) is 10.4. The summed E-state index contributed by atoms with van der Waals surface area (Å²) < 4.78 is 42.0. The first-order valence-electron chi connectivity index (χ1n) is 6.33. The van der Waals surface area contributed by atoms with Crippen molar-refractivity contribution >= 4 is 28.7 Å². The van der Waals surface area contributed by atoms with Gasteiger partial charge in [0, 0.05) is 5.69 Å². The summed E-state index contributed by atoms with van der Waals surface area (Å²) in [5.41, 5.74) is 1.75. The van der Waals surface area contributed by atoms with Gasteiger partial charge >= 0.3 is 6.61 Å². The van der Waals surface area contributed by atoms with Crippen LogP contribution in [0.3, 0.4) is 0 Å². The molecule has 0 unspecified atom stereocenters. The van der Waals surface area contributed by atoms with Crippen LogP contribution in [0.5, 0.6) is 5.75 Å². The summed E-state index contributed by atoms with van der Waals surface area (Å²) in [7, 11) is 0. The highest BCUT2D eigenvalue weighted by Gasteiger charge is 2.11. The summed E-state index contributed by atoms with van der Waals surface area (Å²) in [5, 5.41) is 5.79. The van der Waals surface area contributed by atoms with E-state index in [2.05, 4.69) is 15.4 Å². The second kappa shape index (κ2) is 7.13. The van der Waals surface area contributed by atoms with E-state index in [9.17, 15) is 13.2 Å². The zero-order valence-corrected chi connectivity index (χ0v) is 12.4. The van der Waals surface area contributed by atoms with Crippen molar-refractivity contribution in [2.75, 3.05) is 10.6 Å². The van der Waals surface area contributed by atoms with E-state index in [1.165, 1.54) is 30.3 Å². The highest BCUT2D eigenvalue weighted by Crippen LogP contribution is 2.27. The summed E-state index contributed by atoms with van der Waals surface area (Å²) in [5.74, 6) is -0.375. The Morgan fingerprint density at radius 1 is 1.09 bits per heavy atom. The van der Waals surface area contributed by atoms with Gasteiger partial charge in [0.15, 0.2) is 5.11 Å². The number of nitrogens with one attached hydrogen (secondary N) is 2. The lowest BCUT2D eigenvalue weighted by molar-refractivity contribution is -0.0493. The van der Waals surface area contributed by atoms with Gasteiger partial charge in [0.1, 0.15) is 11.6 Å². The van der Waals surface area contributed by atoms with Gasteiger partial charge in [-0.1, -0.05) is 6.07 Å². The monoisotopic (exact) mass is 326 g/mol. The average molecular weight is 326 g/mol. The third-order valence-corrected chi connectivity index (χ3v) is 2.91. The molecular weight excluding hydrogens is 313 g/mol. The van der Waals surface area contributed by atoms with Crippen LogP contribution in [0.4, 0.5) is 24.5 Å². The average Bonchev–Trinajstić information content (AvgIpc) is 2.44. The van der Waals surface area contributed by atoms with Crippen molar-refractivity contribution in [1.29, 1.82) is 0 Å². The van der Waals surface area contributed by atoms with Crippen LogP contribution in [0.25, 0.3) is 0 Å². The predicted molar refractivity (Wildman–Crippen MR) is 84.1 cm³/mol. The molecule has 0 saturated carbocycles. The summed E-state index contributed by atoms with van der Waals surface area (Å²) in [4.78, 5) is 0. The van der Waals surface area contributed by atoms with Crippen molar-refractivity contribution in [1.82, 2.24) is 0 Å². The minimum absolute atomic E-state index is 0.0103. The molecule has 2 aromatic rings. The van der Waals surface area contributed by atoms with Crippen molar-refractivity contribution in [3.8, 4) is 5.75 Å². The van der Waals surface area contributed by atoms with Crippen molar-refractivity contribution in [3.05, 3.63) is 53.8 Å². The number of benzene rings is 2. The second-order valence-electron chi connectivity index (χ2n) is 4.46. The Bertz CT molecular complexity index is 662. The van der Waals surface area contributed by atoms with Crippen LogP contribution in [0.1, 0.15) is 5.56 Å². The zero-order valence-electron chi connectivity index (χ0n) is 11.6. The van der Waals surface area contributed by atoms with Gasteiger partial charge in [-0.25, -0.2) is 4.39 Å². The smallest absolute Gasteiger partial charge is 0.387 e. The lowest BCUT2D eigenvalue weighted by Gasteiger charge is -2.15. The molecule has 0 aliphatic heterocycles. The highest BCUT2D eigenvalue weighted by atomic mass is 32.1. The Hall–Kier alpha value is -2.28. The first-order valence-corrected chi connectivity index (χ1v) is 6.74. The molecule has 22 heavy (non-hydrogen) atoms. The minimum Gasteiger partial charge on any atom is -0.433 e. The number of aryl methyl sites for hydroxylation is 1. The molecule has 0 aliphatic rings. The number of halogens is 3. The summed E-state index contributed by atoms with van der Waals surface area (Å²) in [6.45, 7) is -1.12. The quantitative estimate of drug-likeness (QED) is 0.808. The van der Waals surface area contributed by atoms with E-state index < -0.39 is 6.61 Å². The summed E-state index contributed by atoms with van der Waals surface area (Å²) in [6.07, 6.45) is 0. The van der Waals surface area contributed by atoms with E-state index in [-0.39, 0.29) is 16.7 Å². The molecule has 0 radical (unpaired) electrons. The lowest BCUT2D eigenvalue weighted by atomic mass is 10.2. The van der Waals surface area contributed by atoms with Crippen LogP contribution in [-0.2, 0) is 0 Å². The molecule has 0 saturated heterocycles. The molecule has 3 nitrogen and oxygen atoms in total. The highest BCUT2D eigenvalue weighted by molar-refractivity contribution is 7.80. The Kier molecular flexibility index (Phi) is 5.21. The number of anilines is 2. The number of hydrogen-bond donors (Lipinski definition) is 2. The number of alkyl halides is 2. The fourth-order valence-corrected chi connectivity index (χ4v) is 1.99. The van der Waals surface area contributed by atoms with Gasteiger partial charge in [0.05, 0.1) is 5.69 Å². The Morgan fingerprint density at radius 2 is 1.77 bits per heavy atom. The van der Waals surface area contributed by atoms with Crippen molar-refractivity contribution in [3.63, 3.8) is 0 Å². The normalized spacial score (nSPS) is 10.4. The van der Waals surface area contributed by atoms with E-state index in [0.29, 0.717) is 11.4 Å². The third-order valence-electron chi connectivity index (χ3n) is 2.70. The number of ether oxygens (including phenoxy) is 1. The van der Waals surface area contributed by atoms with Gasteiger partial charge in [-0.2, -0.15) is 8.78 Å². The maximum absolute atomic E-state index is 12.8. The van der Waals surface area contributed by atoms with E-state index in [1.54, 1.807) is 12.1 Å². The topological polar surface area (TPSA) is 33.3 Å². The molecule has 7 heteroatoms. The fourth-order valence-electron chi connectivity index (χ4n) is 1.76. The molecule has 2 N–H and O–H groups in total. The molecular formula is C15H13F3N2OS. The second-order valence-corrected chi connectivity index (χ2v) is 4.87. The van der Waals surface area contributed by atoms with Crippen LogP contribution < -0.4 is 15.4 Å². The first kappa shape index (κ1) is 16.1. The van der Waals surface area contributed by atoms with Crippen LogP contribution in [0.15, 0.2) is 42.5 Å². The largest absolute Gasteiger partial charge is 0.433 e. The molecule has 0 bridgehead atoms. The standard InChI is InChI=1S/C15H13F3N2OS/c1-9-2-7-13(21-14(17)18)12(8-9)20-15(22)19-11-5-3-10(16)4-6-11/h2-8,14H,1H3,(H2,19,20,22). The molecule has 0 amide bonds. The molecule has 0 atom stereocenters. The Labute approximate surface area is 131 Å². The van der Waals surface area contributed by atoms with Gasteiger partial charge < -0.3 is 15.4 Å². The molecule has 0 aromatic heterocycles. The molecule has 0 spiro atoms. The summed E-state index contributed by atoms with van der Waals surface area (Å²) in [6, 6.07) is 10.3. The van der Waals surface area contributed by atoms with Crippen LogP contribution in [0, 0.1) is 12.7 Å². The number of thiocarbonyl (C=S) groups is 1. The molecule has 2 aromatic carbocycles. The third kappa shape index (κ3) is 4.63. The molecule has 116 valence electrons. The molecule has 0 aliphatic carbocycles. The van der Waals surface area contributed by atoms with Crippen LogP contribution >= 0.6 is 12.2 Å². The molecule has 2 rings (SSSR count). The Balaban J connectivity index is 2.10. The van der Waals surface area contributed by atoms with Crippen molar-refractivity contribution in [2.45, 2.75) is 13.5 Å². The van der Waals surface area contributed by atoms with Gasteiger partial charge in [-0.3, -0.25) is 0 Å². The van der Waals surface area contributed by atoms with Crippen molar-refractivity contribution in [2.24, 2.45) is 0 Å². The van der Waals surface area contributed by atoms with E-state index in [1.807, 2.05) is 6.92 Å². The molecule has 0 heterocycles. The number of rotatable bonds is 4. The SMILES string of the molecule is Cc1ccc(OC(F)F)c(NC(=S)Nc2ccc(F)cc2)c1. The molecule has 0 fully saturated rings. The fraction of sp³-hybridized carbons (Fsp3) is 0.133. The van der Waals surface area contributed by atoms with Gasteiger partial charge in [0.25, 0.3) is 0 Å². The Morgan fingerprint density at radius 3 is 2.41 bits per heavy atom. The predicted octanol–water partition coefficient (Wildman–Crippen LogP) is 4.54. The lowest BCUT2D eigenvalue weighted by Crippen LogP contribution is -2.20. The van der Waals surface area contributed by atoms with E-state index >= 15 is 0 Å². The van der Waals surface area contributed by atoms with Crippen LogP contribution in [0.2, 0.25) is 0 Å². The zero-order chi connectivity index (χ0) is 16.1. The van der Waals surface area contributed by atoms with Gasteiger partial charge in [0.2, 0.25) is 0 Å². The maximum atomic E-state index is 12.8.